The first-order valence-corrected chi connectivity index (χ1v) is 8.97. The molecule has 130 valence electrons. The van der Waals surface area contributed by atoms with Gasteiger partial charge in [-0.15, -0.1) is 11.3 Å². The Morgan fingerprint density at radius 2 is 2.33 bits per heavy atom. The van der Waals surface area contributed by atoms with Crippen LogP contribution in [0.15, 0.2) is 28.1 Å². The SMILES string of the molecule is CN(C)Cc1cc(C(=O)N[C@H](c2cccs2)C2(CO)CCC2)no1. The molecule has 0 aromatic carbocycles. The third-order valence-electron chi connectivity index (χ3n) is 4.64. The number of aromatic nitrogens is 1. The van der Waals surface area contributed by atoms with Gasteiger partial charge in [0.15, 0.2) is 11.5 Å². The molecule has 2 N–H and O–H groups in total. The third kappa shape index (κ3) is 3.38. The fraction of sp³-hybridized carbons (Fsp3) is 0.529. The van der Waals surface area contributed by atoms with Crippen molar-refractivity contribution in [1.29, 1.82) is 0 Å². The zero-order chi connectivity index (χ0) is 17.2. The maximum absolute atomic E-state index is 12.6. The minimum Gasteiger partial charge on any atom is -0.396 e. The molecule has 0 unspecified atom stereocenters. The molecule has 7 heteroatoms. The standard InChI is InChI=1S/C17H23N3O3S/c1-20(2)10-12-9-13(19-23-12)16(22)18-15(14-5-3-8-24-14)17(11-21)6-4-7-17/h3,5,8-9,15,21H,4,6-7,10-11H2,1-2H3,(H,18,22)/t15-/m1/s1. The van der Waals surface area contributed by atoms with E-state index in [1.165, 1.54) is 0 Å². The summed E-state index contributed by atoms with van der Waals surface area (Å²) < 4.78 is 5.22. The van der Waals surface area contributed by atoms with E-state index in [9.17, 15) is 9.90 Å². The second-order valence-electron chi connectivity index (χ2n) is 6.71. The van der Waals surface area contributed by atoms with Gasteiger partial charge in [-0.1, -0.05) is 17.6 Å². The van der Waals surface area contributed by atoms with Crippen LogP contribution >= 0.6 is 11.3 Å². The summed E-state index contributed by atoms with van der Waals surface area (Å²) in [6.45, 7) is 0.662. The van der Waals surface area contributed by atoms with Crippen LogP contribution in [-0.4, -0.2) is 41.8 Å². The highest BCUT2D eigenvalue weighted by Gasteiger charge is 2.45. The minimum absolute atomic E-state index is 0.0700. The Labute approximate surface area is 145 Å². The molecular formula is C17H23N3O3S. The molecular weight excluding hydrogens is 326 g/mol. The highest BCUT2D eigenvalue weighted by Crippen LogP contribution is 2.50. The lowest BCUT2D eigenvalue weighted by Gasteiger charge is -2.46. The number of aliphatic hydroxyl groups is 1. The monoisotopic (exact) mass is 349 g/mol. The van der Waals surface area contributed by atoms with Gasteiger partial charge in [0.2, 0.25) is 0 Å². The van der Waals surface area contributed by atoms with Gasteiger partial charge in [0, 0.05) is 16.4 Å². The van der Waals surface area contributed by atoms with Gasteiger partial charge in [-0.25, -0.2) is 0 Å². The van der Waals surface area contributed by atoms with E-state index in [0.29, 0.717) is 12.3 Å². The summed E-state index contributed by atoms with van der Waals surface area (Å²) in [4.78, 5) is 15.6. The average Bonchev–Trinajstić information content (AvgIpc) is 3.16. The lowest BCUT2D eigenvalue weighted by Crippen LogP contribution is -2.47. The molecule has 3 rings (SSSR count). The van der Waals surface area contributed by atoms with Crippen molar-refractivity contribution in [2.24, 2.45) is 5.41 Å². The van der Waals surface area contributed by atoms with Gasteiger partial charge < -0.3 is 19.8 Å². The Bertz CT molecular complexity index is 672. The van der Waals surface area contributed by atoms with Gasteiger partial charge >= 0.3 is 0 Å². The molecule has 2 aromatic rings. The highest BCUT2D eigenvalue weighted by atomic mass is 32.1. The first-order chi connectivity index (χ1) is 11.5. The molecule has 0 aliphatic heterocycles. The normalized spacial score (nSPS) is 17.5. The topological polar surface area (TPSA) is 78.6 Å². The van der Waals surface area contributed by atoms with Gasteiger partial charge in [0.25, 0.3) is 5.91 Å². The third-order valence-corrected chi connectivity index (χ3v) is 5.58. The van der Waals surface area contributed by atoms with E-state index in [0.717, 1.165) is 24.1 Å². The van der Waals surface area contributed by atoms with Crippen molar-refractivity contribution in [2.45, 2.75) is 31.8 Å². The summed E-state index contributed by atoms with van der Waals surface area (Å²) in [5, 5.41) is 18.8. The molecule has 1 saturated carbocycles. The van der Waals surface area contributed by atoms with E-state index in [2.05, 4.69) is 10.5 Å². The van der Waals surface area contributed by atoms with Gasteiger partial charge in [-0.3, -0.25) is 4.79 Å². The Hall–Kier alpha value is -1.70. The zero-order valence-electron chi connectivity index (χ0n) is 14.0. The number of carbonyl (C=O) groups excluding carboxylic acids is 1. The van der Waals surface area contributed by atoms with E-state index in [-0.39, 0.29) is 29.7 Å². The summed E-state index contributed by atoms with van der Waals surface area (Å²) in [5.41, 5.74) is 0.0114. The number of aliphatic hydroxyl groups excluding tert-OH is 1. The van der Waals surface area contributed by atoms with Crippen LogP contribution in [0.25, 0.3) is 0 Å². The minimum atomic E-state index is -0.267. The second-order valence-corrected chi connectivity index (χ2v) is 7.69. The predicted molar refractivity (Wildman–Crippen MR) is 91.8 cm³/mol. The van der Waals surface area contributed by atoms with Crippen molar-refractivity contribution in [3.63, 3.8) is 0 Å². The molecule has 1 aliphatic rings. The van der Waals surface area contributed by atoms with Gasteiger partial charge in [-0.05, 0) is 38.4 Å². The molecule has 6 nitrogen and oxygen atoms in total. The Kier molecular flexibility index (Phi) is 5.03. The van der Waals surface area contributed by atoms with Crippen molar-refractivity contribution < 1.29 is 14.4 Å². The van der Waals surface area contributed by atoms with Gasteiger partial charge in [0.1, 0.15) is 0 Å². The fourth-order valence-corrected chi connectivity index (χ4v) is 4.08. The number of nitrogens with one attached hydrogen (secondary N) is 1. The Morgan fingerprint density at radius 1 is 1.54 bits per heavy atom. The van der Waals surface area contributed by atoms with Crippen molar-refractivity contribution >= 4 is 17.2 Å². The first-order valence-electron chi connectivity index (χ1n) is 8.09. The summed E-state index contributed by atoms with van der Waals surface area (Å²) >= 11 is 1.60. The first kappa shape index (κ1) is 17.1. The molecule has 1 aliphatic carbocycles. The molecule has 2 aromatic heterocycles. The number of hydrogen-bond acceptors (Lipinski definition) is 6. The van der Waals surface area contributed by atoms with Gasteiger partial charge in [-0.2, -0.15) is 0 Å². The summed E-state index contributed by atoms with van der Waals surface area (Å²) in [6, 6.07) is 5.45. The molecule has 0 saturated heterocycles. The van der Waals surface area contributed by atoms with E-state index in [1.54, 1.807) is 17.4 Å². The Morgan fingerprint density at radius 3 is 2.88 bits per heavy atom. The molecule has 2 heterocycles. The zero-order valence-corrected chi connectivity index (χ0v) is 14.8. The van der Waals surface area contributed by atoms with Crippen LogP contribution in [-0.2, 0) is 6.54 Å². The highest BCUT2D eigenvalue weighted by molar-refractivity contribution is 7.10. The van der Waals surface area contributed by atoms with Crippen molar-refractivity contribution in [3.05, 3.63) is 39.9 Å². The lowest BCUT2D eigenvalue weighted by atomic mass is 9.64. The molecule has 24 heavy (non-hydrogen) atoms. The van der Waals surface area contributed by atoms with Crippen molar-refractivity contribution in [3.8, 4) is 0 Å². The van der Waals surface area contributed by atoms with Crippen LogP contribution in [0.2, 0.25) is 0 Å². The summed E-state index contributed by atoms with van der Waals surface area (Å²) in [6.07, 6.45) is 2.91. The van der Waals surface area contributed by atoms with E-state index in [1.807, 2.05) is 36.5 Å². The maximum Gasteiger partial charge on any atom is 0.274 e. The van der Waals surface area contributed by atoms with Crippen LogP contribution in [0.1, 0.15) is 46.4 Å². The van der Waals surface area contributed by atoms with Crippen molar-refractivity contribution in [1.82, 2.24) is 15.4 Å². The number of hydrogen-bond donors (Lipinski definition) is 2. The fourth-order valence-electron chi connectivity index (χ4n) is 3.16. The lowest BCUT2D eigenvalue weighted by molar-refractivity contribution is 0.00698. The molecule has 1 fully saturated rings. The number of rotatable bonds is 7. The molecule has 0 radical (unpaired) electrons. The number of amides is 1. The van der Waals surface area contributed by atoms with Crippen LogP contribution in [0.4, 0.5) is 0 Å². The maximum atomic E-state index is 12.6. The predicted octanol–water partition coefficient (Wildman–Crippen LogP) is 2.43. The van der Waals surface area contributed by atoms with Crippen LogP contribution in [0.3, 0.4) is 0 Å². The largest absolute Gasteiger partial charge is 0.396 e. The smallest absolute Gasteiger partial charge is 0.274 e. The van der Waals surface area contributed by atoms with Crippen LogP contribution in [0.5, 0.6) is 0 Å². The summed E-state index contributed by atoms with van der Waals surface area (Å²) in [7, 11) is 3.85. The molecule has 0 bridgehead atoms. The second kappa shape index (κ2) is 7.04. The van der Waals surface area contributed by atoms with Crippen molar-refractivity contribution in [2.75, 3.05) is 20.7 Å². The number of nitrogens with zero attached hydrogens (tertiary/aromatic N) is 2. The molecule has 0 spiro atoms. The quantitative estimate of drug-likeness (QED) is 0.803. The number of carbonyl (C=O) groups is 1. The number of thiophene rings is 1. The van der Waals surface area contributed by atoms with Gasteiger partial charge in [0.05, 0.1) is 19.2 Å². The van der Waals surface area contributed by atoms with E-state index in [4.69, 9.17) is 4.52 Å². The molecule has 1 atom stereocenters. The average molecular weight is 349 g/mol. The van der Waals surface area contributed by atoms with E-state index >= 15 is 0 Å². The summed E-state index contributed by atoms with van der Waals surface area (Å²) in [5.74, 6) is 0.389. The van der Waals surface area contributed by atoms with Crippen LogP contribution < -0.4 is 5.32 Å². The Balaban J connectivity index is 1.77. The van der Waals surface area contributed by atoms with E-state index < -0.39 is 0 Å². The van der Waals surface area contributed by atoms with Crippen LogP contribution in [0, 0.1) is 5.41 Å². The molecule has 1 amide bonds.